The number of aliphatic imine (C=N–C) groups is 1. The maximum Gasteiger partial charge on any atom is 0.191 e. The molecule has 2 aliphatic heterocycles. The summed E-state index contributed by atoms with van der Waals surface area (Å²) in [6, 6.07) is 0. The van der Waals surface area contributed by atoms with E-state index in [0.29, 0.717) is 6.54 Å². The fourth-order valence-corrected chi connectivity index (χ4v) is 3.09. The van der Waals surface area contributed by atoms with Crippen molar-refractivity contribution >= 4 is 5.96 Å². The molecule has 0 bridgehead atoms. The van der Waals surface area contributed by atoms with Crippen LogP contribution in [-0.4, -0.2) is 84.3 Å². The molecule has 26 heavy (non-hydrogen) atoms. The quantitative estimate of drug-likeness (QED) is 0.505. The van der Waals surface area contributed by atoms with Gasteiger partial charge >= 0.3 is 0 Å². The molecule has 2 N–H and O–H groups in total. The van der Waals surface area contributed by atoms with Crippen molar-refractivity contribution in [2.75, 3.05) is 52.5 Å². The molecule has 9 nitrogen and oxygen atoms in total. The smallest absolute Gasteiger partial charge is 0.191 e. The molecule has 0 saturated carbocycles. The van der Waals surface area contributed by atoms with Crippen molar-refractivity contribution in [3.8, 4) is 0 Å². The first-order valence-electron chi connectivity index (χ1n) is 9.51. The lowest BCUT2D eigenvalue weighted by Gasteiger charge is -2.26. The van der Waals surface area contributed by atoms with E-state index in [0.717, 1.165) is 83.0 Å². The van der Waals surface area contributed by atoms with Crippen LogP contribution in [0.25, 0.3) is 0 Å². The lowest BCUT2D eigenvalue weighted by molar-refractivity contribution is 0.0389. The van der Waals surface area contributed by atoms with Crippen LogP contribution in [0.3, 0.4) is 0 Å². The Bertz CT molecular complexity index is 578. The van der Waals surface area contributed by atoms with Crippen LogP contribution in [0.2, 0.25) is 0 Å². The second kappa shape index (κ2) is 9.84. The van der Waals surface area contributed by atoms with Gasteiger partial charge in [-0.3, -0.25) is 4.90 Å². The predicted octanol–water partition coefficient (Wildman–Crippen LogP) is -0.330. The number of ether oxygens (including phenoxy) is 2. The molecule has 1 aromatic heterocycles. The maximum absolute atomic E-state index is 5.69. The van der Waals surface area contributed by atoms with Gasteiger partial charge < -0.3 is 24.7 Å². The number of aromatic nitrogens is 3. The molecular formula is C17H31N7O2. The summed E-state index contributed by atoms with van der Waals surface area (Å²) in [6.07, 6.45) is 2.52. The fourth-order valence-electron chi connectivity index (χ4n) is 3.09. The lowest BCUT2D eigenvalue weighted by Crippen LogP contribution is -2.45. The minimum Gasteiger partial charge on any atom is -0.379 e. The zero-order valence-electron chi connectivity index (χ0n) is 15.9. The molecule has 9 heteroatoms. The SMILES string of the molecule is Cc1nnc(CN=C(NCCN2CCOCC2)NCC2CCCO2)n1C. The number of hydrogen-bond acceptors (Lipinski definition) is 6. The summed E-state index contributed by atoms with van der Waals surface area (Å²) in [5, 5.41) is 15.1. The zero-order valence-corrected chi connectivity index (χ0v) is 15.9. The van der Waals surface area contributed by atoms with Crippen LogP contribution in [0.1, 0.15) is 24.5 Å². The van der Waals surface area contributed by atoms with Gasteiger partial charge in [-0.05, 0) is 19.8 Å². The van der Waals surface area contributed by atoms with Gasteiger partial charge in [0.15, 0.2) is 11.8 Å². The summed E-state index contributed by atoms with van der Waals surface area (Å²) in [4.78, 5) is 7.09. The van der Waals surface area contributed by atoms with E-state index in [2.05, 4.69) is 30.7 Å². The molecule has 3 rings (SSSR count). The third-order valence-electron chi connectivity index (χ3n) is 4.91. The van der Waals surface area contributed by atoms with Crippen LogP contribution >= 0.6 is 0 Å². The number of rotatable bonds is 7. The highest BCUT2D eigenvalue weighted by Crippen LogP contribution is 2.10. The maximum atomic E-state index is 5.69. The van der Waals surface area contributed by atoms with Gasteiger partial charge in [-0.2, -0.15) is 0 Å². The van der Waals surface area contributed by atoms with Crippen LogP contribution in [0, 0.1) is 6.92 Å². The van der Waals surface area contributed by atoms with Crippen molar-refractivity contribution in [1.29, 1.82) is 0 Å². The number of nitrogens with one attached hydrogen (secondary N) is 2. The van der Waals surface area contributed by atoms with Crippen LogP contribution in [-0.2, 0) is 23.1 Å². The van der Waals surface area contributed by atoms with E-state index in [1.807, 2.05) is 18.5 Å². The van der Waals surface area contributed by atoms with E-state index in [9.17, 15) is 0 Å². The Labute approximate surface area is 155 Å². The molecule has 146 valence electrons. The van der Waals surface area contributed by atoms with Gasteiger partial charge in [0.25, 0.3) is 0 Å². The number of guanidine groups is 1. The number of nitrogens with zero attached hydrogens (tertiary/aromatic N) is 5. The molecule has 1 atom stereocenters. The first-order chi connectivity index (χ1) is 12.7. The molecule has 2 saturated heterocycles. The van der Waals surface area contributed by atoms with Gasteiger partial charge in [0.2, 0.25) is 0 Å². The van der Waals surface area contributed by atoms with Crippen molar-refractivity contribution in [2.24, 2.45) is 12.0 Å². The molecule has 0 radical (unpaired) electrons. The molecule has 1 unspecified atom stereocenters. The molecule has 0 spiro atoms. The molecule has 1 aromatic rings. The van der Waals surface area contributed by atoms with Crippen molar-refractivity contribution in [1.82, 2.24) is 30.3 Å². The Morgan fingerprint density at radius 3 is 2.77 bits per heavy atom. The highest BCUT2D eigenvalue weighted by Gasteiger charge is 2.16. The van der Waals surface area contributed by atoms with E-state index in [1.165, 1.54) is 0 Å². The molecular weight excluding hydrogens is 334 g/mol. The Morgan fingerprint density at radius 1 is 1.23 bits per heavy atom. The second-order valence-electron chi connectivity index (χ2n) is 6.78. The van der Waals surface area contributed by atoms with Crippen LogP contribution < -0.4 is 10.6 Å². The number of hydrogen-bond donors (Lipinski definition) is 2. The Hall–Kier alpha value is -1.71. The second-order valence-corrected chi connectivity index (χ2v) is 6.78. The van der Waals surface area contributed by atoms with Gasteiger partial charge in [0.05, 0.1) is 19.3 Å². The summed E-state index contributed by atoms with van der Waals surface area (Å²) in [6.45, 7) is 9.54. The zero-order chi connectivity index (χ0) is 18.2. The average Bonchev–Trinajstić information content (AvgIpc) is 3.29. The molecule has 2 aliphatic rings. The standard InChI is InChI=1S/C17H31N7O2/c1-14-21-22-16(23(14)2)13-20-17(19-12-15-4-3-9-26-15)18-5-6-24-7-10-25-11-8-24/h15H,3-13H2,1-2H3,(H2,18,19,20). The van der Waals surface area contributed by atoms with Crippen LogP contribution in [0.5, 0.6) is 0 Å². The minimum absolute atomic E-state index is 0.276. The average molecular weight is 365 g/mol. The Morgan fingerprint density at radius 2 is 2.08 bits per heavy atom. The molecule has 2 fully saturated rings. The predicted molar refractivity (Wildman–Crippen MR) is 99.1 cm³/mol. The van der Waals surface area contributed by atoms with Crippen LogP contribution in [0.4, 0.5) is 0 Å². The van der Waals surface area contributed by atoms with Crippen molar-refractivity contribution < 1.29 is 9.47 Å². The molecule has 3 heterocycles. The first-order valence-corrected chi connectivity index (χ1v) is 9.51. The Balaban J connectivity index is 1.51. The van der Waals surface area contributed by atoms with Gasteiger partial charge in [0, 0.05) is 46.4 Å². The monoisotopic (exact) mass is 365 g/mol. The largest absolute Gasteiger partial charge is 0.379 e. The van der Waals surface area contributed by atoms with E-state index >= 15 is 0 Å². The van der Waals surface area contributed by atoms with E-state index in [-0.39, 0.29) is 6.10 Å². The third kappa shape index (κ3) is 5.65. The highest BCUT2D eigenvalue weighted by atomic mass is 16.5. The molecule has 0 aliphatic carbocycles. The minimum atomic E-state index is 0.276. The lowest BCUT2D eigenvalue weighted by atomic mass is 10.2. The highest BCUT2D eigenvalue weighted by molar-refractivity contribution is 5.79. The van der Waals surface area contributed by atoms with Crippen molar-refractivity contribution in [2.45, 2.75) is 32.4 Å². The Kier molecular flexibility index (Phi) is 7.22. The van der Waals surface area contributed by atoms with Gasteiger partial charge in [-0.15, -0.1) is 10.2 Å². The summed E-state index contributed by atoms with van der Waals surface area (Å²) in [7, 11) is 1.96. The molecule has 0 amide bonds. The van der Waals surface area contributed by atoms with Crippen molar-refractivity contribution in [3.63, 3.8) is 0 Å². The normalized spacial score (nSPS) is 21.9. The summed E-state index contributed by atoms with van der Waals surface area (Å²) >= 11 is 0. The third-order valence-corrected chi connectivity index (χ3v) is 4.91. The molecule has 0 aromatic carbocycles. The van der Waals surface area contributed by atoms with Gasteiger partial charge in [-0.25, -0.2) is 4.99 Å². The summed E-state index contributed by atoms with van der Waals surface area (Å²) in [5.41, 5.74) is 0. The topological polar surface area (TPSA) is 88.8 Å². The number of aryl methyl sites for hydroxylation is 1. The van der Waals surface area contributed by atoms with Crippen LogP contribution in [0.15, 0.2) is 4.99 Å². The van der Waals surface area contributed by atoms with Gasteiger partial charge in [0.1, 0.15) is 12.4 Å². The summed E-state index contributed by atoms with van der Waals surface area (Å²) in [5.74, 6) is 2.55. The van der Waals surface area contributed by atoms with Crippen molar-refractivity contribution in [3.05, 3.63) is 11.6 Å². The summed E-state index contributed by atoms with van der Waals surface area (Å²) < 4.78 is 13.1. The van der Waals surface area contributed by atoms with E-state index in [4.69, 9.17) is 9.47 Å². The van der Waals surface area contributed by atoms with E-state index in [1.54, 1.807) is 0 Å². The van der Waals surface area contributed by atoms with E-state index < -0.39 is 0 Å². The van der Waals surface area contributed by atoms with Gasteiger partial charge in [-0.1, -0.05) is 0 Å². The number of morpholine rings is 1. The first kappa shape index (κ1) is 19.1. The fraction of sp³-hybridized carbons (Fsp3) is 0.824.